The number of ether oxygens (including phenoxy) is 4. The Morgan fingerprint density at radius 3 is 0.641 bits per heavy atom. The zero-order chi connectivity index (χ0) is 67.5. The molecule has 0 bridgehead atoms. The molecule has 0 aliphatic carbocycles. The Labute approximate surface area is 562 Å². The molecule has 0 aromatic rings. The Kier molecular flexibility index (Phi) is 66.2. The molecule has 3 N–H and O–H groups in total. The van der Waals surface area contributed by atoms with Gasteiger partial charge >= 0.3 is 39.5 Å². The number of hydrogen-bond acceptors (Lipinski definition) is 15. The molecule has 2 unspecified atom stereocenters. The Morgan fingerprint density at radius 1 is 0.261 bits per heavy atom. The van der Waals surface area contributed by atoms with Gasteiger partial charge in [0, 0.05) is 25.7 Å². The summed E-state index contributed by atoms with van der Waals surface area (Å²) in [5.74, 6) is -2.12. The van der Waals surface area contributed by atoms with Crippen LogP contribution in [0.5, 0.6) is 0 Å². The molecule has 0 rings (SSSR count). The van der Waals surface area contributed by atoms with E-state index in [4.69, 9.17) is 37.0 Å². The third kappa shape index (κ3) is 66.7. The van der Waals surface area contributed by atoms with Gasteiger partial charge < -0.3 is 33.8 Å². The van der Waals surface area contributed by atoms with Crippen LogP contribution in [0.3, 0.4) is 0 Å². The highest BCUT2D eigenvalue weighted by atomic mass is 31.2. The van der Waals surface area contributed by atoms with Crippen LogP contribution in [0.4, 0.5) is 0 Å². The second-order valence-corrected chi connectivity index (χ2v) is 29.2. The van der Waals surface area contributed by atoms with Gasteiger partial charge in [0.25, 0.3) is 0 Å². The number of rotatable bonds is 74. The van der Waals surface area contributed by atoms with Gasteiger partial charge in [-0.05, 0) is 25.7 Å². The van der Waals surface area contributed by atoms with Crippen LogP contribution in [0.15, 0.2) is 0 Å². The van der Waals surface area contributed by atoms with Crippen LogP contribution in [0.1, 0.15) is 387 Å². The van der Waals surface area contributed by atoms with E-state index in [-0.39, 0.29) is 25.7 Å². The number of carbonyl (C=O) groups is 4. The van der Waals surface area contributed by atoms with E-state index < -0.39 is 97.5 Å². The maximum Gasteiger partial charge on any atom is 0.472 e. The first-order chi connectivity index (χ1) is 44.7. The van der Waals surface area contributed by atoms with Gasteiger partial charge in [-0.2, -0.15) is 0 Å². The van der Waals surface area contributed by atoms with E-state index in [1.807, 2.05) is 0 Å². The Morgan fingerprint density at radius 2 is 0.435 bits per heavy atom. The molecule has 0 radical (unpaired) electrons. The molecule has 0 aliphatic heterocycles. The lowest BCUT2D eigenvalue weighted by Gasteiger charge is -2.21. The predicted molar refractivity (Wildman–Crippen MR) is 372 cm³/mol. The van der Waals surface area contributed by atoms with E-state index in [0.29, 0.717) is 25.7 Å². The second kappa shape index (κ2) is 67.6. The summed E-state index contributed by atoms with van der Waals surface area (Å²) in [4.78, 5) is 72.6. The molecule has 0 aromatic carbocycles. The molecule has 0 aliphatic rings. The third-order valence-corrected chi connectivity index (χ3v) is 19.0. The van der Waals surface area contributed by atoms with Gasteiger partial charge in [0.1, 0.15) is 19.3 Å². The van der Waals surface area contributed by atoms with Crippen molar-refractivity contribution in [2.24, 2.45) is 0 Å². The molecule has 0 saturated carbocycles. The summed E-state index contributed by atoms with van der Waals surface area (Å²) in [5, 5.41) is 10.6. The molecule has 17 nitrogen and oxygen atoms in total. The van der Waals surface area contributed by atoms with Crippen LogP contribution < -0.4 is 0 Å². The van der Waals surface area contributed by atoms with Crippen molar-refractivity contribution in [2.45, 2.75) is 406 Å². The number of esters is 4. The summed E-state index contributed by atoms with van der Waals surface area (Å²) >= 11 is 0. The molecule has 546 valence electrons. The topological polar surface area (TPSA) is 237 Å². The van der Waals surface area contributed by atoms with Crippen molar-refractivity contribution in [3.63, 3.8) is 0 Å². The first-order valence-electron chi connectivity index (χ1n) is 38.3. The van der Waals surface area contributed by atoms with Crippen molar-refractivity contribution in [1.29, 1.82) is 0 Å². The van der Waals surface area contributed by atoms with Gasteiger partial charge in [0.2, 0.25) is 0 Å². The summed E-state index contributed by atoms with van der Waals surface area (Å²) in [6.07, 6.45) is 56.8. The summed E-state index contributed by atoms with van der Waals surface area (Å²) in [5.41, 5.74) is 0. The molecule has 0 amide bonds. The molecule has 5 atom stereocenters. The van der Waals surface area contributed by atoms with Gasteiger partial charge in [-0.15, -0.1) is 0 Å². The van der Waals surface area contributed by atoms with Gasteiger partial charge in [-0.25, -0.2) is 9.13 Å². The fraction of sp³-hybridized carbons (Fsp3) is 0.945. The molecule has 0 aromatic heterocycles. The highest BCUT2D eigenvalue weighted by molar-refractivity contribution is 7.47. The normalized spacial score (nSPS) is 13.9. The summed E-state index contributed by atoms with van der Waals surface area (Å²) < 4.78 is 68.4. The summed E-state index contributed by atoms with van der Waals surface area (Å²) in [7, 11) is -9.90. The number of aliphatic hydroxyl groups excluding tert-OH is 1. The number of aliphatic hydroxyl groups is 1. The number of unbranched alkanes of at least 4 members (excludes halogenated alkanes) is 48. The number of carbonyl (C=O) groups excluding carboxylic acids is 4. The second-order valence-electron chi connectivity index (χ2n) is 26.3. The van der Waals surface area contributed by atoms with E-state index in [1.165, 1.54) is 218 Å². The zero-order valence-corrected chi connectivity index (χ0v) is 61.3. The Balaban J connectivity index is 5.20. The SMILES string of the molecule is CCCCCCCCCCCCCCCCCCCCCC(=O)O[C@H](COC(=O)CCCCCCCCCCCCCC)COP(=O)(O)OC[C@@H](O)COP(=O)(O)OC[C@@H](COC(=O)CCCCCCCCCCCC)OC(=O)CCCCCCCCCCCCC. The molecule has 0 heterocycles. The van der Waals surface area contributed by atoms with Gasteiger partial charge in [-0.3, -0.25) is 37.3 Å². The fourth-order valence-electron chi connectivity index (χ4n) is 11.2. The Bertz CT molecular complexity index is 1760. The van der Waals surface area contributed by atoms with Crippen molar-refractivity contribution in [1.82, 2.24) is 0 Å². The Hall–Kier alpha value is -1.94. The van der Waals surface area contributed by atoms with Crippen LogP contribution in [0, 0.1) is 0 Å². The summed E-state index contributed by atoms with van der Waals surface area (Å²) in [6, 6.07) is 0. The van der Waals surface area contributed by atoms with Crippen molar-refractivity contribution in [2.75, 3.05) is 39.6 Å². The van der Waals surface area contributed by atoms with Crippen LogP contribution in [-0.2, 0) is 65.4 Å². The predicted octanol–water partition coefficient (Wildman–Crippen LogP) is 21.4. The van der Waals surface area contributed by atoms with Crippen LogP contribution >= 0.6 is 15.6 Å². The van der Waals surface area contributed by atoms with Gasteiger partial charge in [0.15, 0.2) is 12.2 Å². The molecule has 0 saturated heterocycles. The highest BCUT2D eigenvalue weighted by Gasteiger charge is 2.30. The smallest absolute Gasteiger partial charge is 0.462 e. The molecular weight excluding hydrogens is 1210 g/mol. The zero-order valence-electron chi connectivity index (χ0n) is 59.5. The number of phosphoric acid groups is 2. The van der Waals surface area contributed by atoms with Crippen LogP contribution in [0.25, 0.3) is 0 Å². The molecule has 0 fully saturated rings. The molecule has 19 heteroatoms. The van der Waals surface area contributed by atoms with Crippen LogP contribution in [0.2, 0.25) is 0 Å². The van der Waals surface area contributed by atoms with Crippen molar-refractivity contribution < 1.29 is 80.2 Å². The fourth-order valence-corrected chi connectivity index (χ4v) is 12.8. The molecule has 92 heavy (non-hydrogen) atoms. The molecule has 0 spiro atoms. The summed E-state index contributed by atoms with van der Waals surface area (Å²) in [6.45, 7) is 4.96. The first-order valence-corrected chi connectivity index (χ1v) is 41.3. The quantitative estimate of drug-likeness (QED) is 0.0222. The van der Waals surface area contributed by atoms with Crippen molar-refractivity contribution in [3.8, 4) is 0 Å². The lowest BCUT2D eigenvalue weighted by Crippen LogP contribution is -2.30. The number of hydrogen-bond donors (Lipinski definition) is 3. The monoisotopic (exact) mass is 1350 g/mol. The van der Waals surface area contributed by atoms with Gasteiger partial charge in [0.05, 0.1) is 26.4 Å². The minimum atomic E-state index is -4.95. The van der Waals surface area contributed by atoms with Crippen molar-refractivity contribution >= 4 is 39.5 Å². The first kappa shape index (κ1) is 90.1. The third-order valence-electron chi connectivity index (χ3n) is 17.1. The van der Waals surface area contributed by atoms with E-state index in [2.05, 4.69) is 27.7 Å². The van der Waals surface area contributed by atoms with E-state index in [1.54, 1.807) is 0 Å². The average Bonchev–Trinajstić information content (AvgIpc) is 2.85. The maximum atomic E-state index is 13.0. The minimum Gasteiger partial charge on any atom is -0.462 e. The minimum absolute atomic E-state index is 0.108. The average molecular weight is 1350 g/mol. The maximum absolute atomic E-state index is 13.0. The lowest BCUT2D eigenvalue weighted by atomic mass is 10.0. The van der Waals surface area contributed by atoms with Crippen LogP contribution in [-0.4, -0.2) is 96.7 Å². The van der Waals surface area contributed by atoms with Crippen molar-refractivity contribution in [3.05, 3.63) is 0 Å². The van der Waals surface area contributed by atoms with Gasteiger partial charge in [-0.1, -0.05) is 336 Å². The standard InChI is InChI=1S/C73H142O17P2/c1-5-9-13-17-21-25-29-31-32-33-34-35-36-37-40-44-48-52-56-60-73(78)90-69(64-84-71(76)58-54-50-46-42-39-30-26-22-18-14-10-6-2)66-88-92(81,82)86-62-67(74)61-85-91(79,80)87-65-68(63-83-70(75)57-53-49-45-41-28-24-20-16-12-8-4)89-72(77)59-55-51-47-43-38-27-23-19-15-11-7-3/h67-69,74H,5-66H2,1-4H3,(H,79,80)(H,81,82)/t67-,68+,69+/m0/s1. The van der Waals surface area contributed by atoms with E-state index in [9.17, 15) is 43.2 Å². The number of phosphoric ester groups is 2. The van der Waals surface area contributed by atoms with E-state index in [0.717, 1.165) is 89.9 Å². The highest BCUT2D eigenvalue weighted by Crippen LogP contribution is 2.45. The van der Waals surface area contributed by atoms with E-state index >= 15 is 0 Å². The largest absolute Gasteiger partial charge is 0.472 e. The molecular formula is C73H142O17P2. The lowest BCUT2D eigenvalue weighted by molar-refractivity contribution is -0.161.